The third kappa shape index (κ3) is 1.96. The molecule has 0 amide bonds. The second-order valence-corrected chi connectivity index (χ2v) is 4.21. The molecular weight excluding hydrogens is 230 g/mol. The van der Waals surface area contributed by atoms with Crippen molar-refractivity contribution in [3.05, 3.63) is 35.4 Å². The lowest BCUT2D eigenvalue weighted by molar-refractivity contribution is 0.846. The average Bonchev–Trinajstić information content (AvgIpc) is 2.60. The van der Waals surface area contributed by atoms with E-state index in [1.54, 1.807) is 16.4 Å². The summed E-state index contributed by atoms with van der Waals surface area (Å²) in [6.45, 7) is 0. The number of hydrogen-bond acceptors (Lipinski definition) is 3. The lowest BCUT2D eigenvalue weighted by Gasteiger charge is -2.05. The van der Waals surface area contributed by atoms with E-state index in [1.807, 2.05) is 36.6 Å². The van der Waals surface area contributed by atoms with Crippen LogP contribution < -0.4 is 5.73 Å². The number of hydrogen-bond donors (Lipinski definition) is 1. The summed E-state index contributed by atoms with van der Waals surface area (Å²) in [4.78, 5) is 0. The Labute approximate surface area is 97.2 Å². The smallest absolute Gasteiger partial charge is 0.128 e. The van der Waals surface area contributed by atoms with E-state index < -0.39 is 0 Å². The van der Waals surface area contributed by atoms with E-state index in [9.17, 15) is 0 Å². The molecule has 0 unspecified atom stereocenters. The van der Waals surface area contributed by atoms with Crippen LogP contribution in [0.4, 0.5) is 5.82 Å². The molecule has 1 aromatic heterocycles. The fraction of sp³-hybridized carbons (Fsp3) is 0.100. The summed E-state index contributed by atoms with van der Waals surface area (Å²) in [5.74, 6) is 0.590. The molecule has 0 fully saturated rings. The lowest BCUT2D eigenvalue weighted by atomic mass is 10.3. The topological polar surface area (TPSA) is 43.8 Å². The van der Waals surface area contributed by atoms with Gasteiger partial charge < -0.3 is 5.73 Å². The number of benzene rings is 1. The van der Waals surface area contributed by atoms with Gasteiger partial charge in [0.05, 0.1) is 10.7 Å². The summed E-state index contributed by atoms with van der Waals surface area (Å²) in [5, 5.41) is 5.85. The van der Waals surface area contributed by atoms with Gasteiger partial charge in [-0.25, -0.2) is 4.68 Å². The van der Waals surface area contributed by atoms with Gasteiger partial charge in [0.1, 0.15) is 10.8 Å². The highest BCUT2D eigenvalue weighted by Gasteiger charge is 2.08. The van der Waals surface area contributed by atoms with Crippen molar-refractivity contribution in [3.63, 3.8) is 0 Å². The molecule has 0 spiro atoms. The van der Waals surface area contributed by atoms with Gasteiger partial charge in [-0.1, -0.05) is 23.7 Å². The van der Waals surface area contributed by atoms with Crippen LogP contribution in [-0.2, 0) is 0 Å². The Morgan fingerprint density at radius 1 is 1.40 bits per heavy atom. The fourth-order valence-corrected chi connectivity index (χ4v) is 1.91. The molecule has 0 aliphatic heterocycles. The Bertz CT molecular complexity index is 481. The van der Waals surface area contributed by atoms with Gasteiger partial charge in [-0.3, -0.25) is 0 Å². The minimum Gasteiger partial charge on any atom is -0.384 e. The maximum atomic E-state index is 6.06. The number of nitrogens with zero attached hydrogens (tertiary/aromatic N) is 2. The van der Waals surface area contributed by atoms with E-state index in [0.29, 0.717) is 10.8 Å². The van der Waals surface area contributed by atoms with Crippen LogP contribution in [0.2, 0.25) is 5.02 Å². The van der Waals surface area contributed by atoms with E-state index in [2.05, 4.69) is 5.10 Å². The molecule has 1 heterocycles. The third-order valence-corrected chi connectivity index (χ3v) is 2.94. The van der Waals surface area contributed by atoms with Crippen LogP contribution in [0, 0.1) is 0 Å². The van der Waals surface area contributed by atoms with Crippen LogP contribution in [0.15, 0.2) is 35.4 Å². The van der Waals surface area contributed by atoms with Crippen molar-refractivity contribution in [1.82, 2.24) is 9.78 Å². The molecule has 3 nitrogen and oxygen atoms in total. The zero-order valence-electron chi connectivity index (χ0n) is 8.14. The van der Waals surface area contributed by atoms with Gasteiger partial charge in [0, 0.05) is 6.07 Å². The first kappa shape index (κ1) is 10.4. The molecule has 2 N–H and O–H groups in total. The van der Waals surface area contributed by atoms with Crippen LogP contribution in [-0.4, -0.2) is 16.0 Å². The van der Waals surface area contributed by atoms with E-state index in [1.165, 1.54) is 0 Å². The van der Waals surface area contributed by atoms with E-state index in [-0.39, 0.29) is 0 Å². The summed E-state index contributed by atoms with van der Waals surface area (Å²) in [6.07, 6.45) is 1.96. The minimum absolute atomic E-state index is 0.590. The Morgan fingerprint density at radius 3 is 2.73 bits per heavy atom. The van der Waals surface area contributed by atoms with Crippen molar-refractivity contribution in [2.75, 3.05) is 12.0 Å². The monoisotopic (exact) mass is 239 g/mol. The zero-order valence-corrected chi connectivity index (χ0v) is 9.72. The first-order valence-electron chi connectivity index (χ1n) is 4.37. The molecule has 0 saturated carbocycles. The molecule has 0 saturated heterocycles. The Kier molecular flexibility index (Phi) is 2.88. The van der Waals surface area contributed by atoms with Gasteiger partial charge in [0.15, 0.2) is 0 Å². The van der Waals surface area contributed by atoms with E-state index >= 15 is 0 Å². The molecule has 0 radical (unpaired) electrons. The maximum absolute atomic E-state index is 6.06. The van der Waals surface area contributed by atoms with Crippen LogP contribution in [0.25, 0.3) is 5.69 Å². The quantitative estimate of drug-likeness (QED) is 0.820. The van der Waals surface area contributed by atoms with Crippen LogP contribution in [0.3, 0.4) is 0 Å². The lowest BCUT2D eigenvalue weighted by Crippen LogP contribution is -2.01. The number of nitrogen functional groups attached to an aromatic ring is 1. The van der Waals surface area contributed by atoms with Crippen molar-refractivity contribution in [2.45, 2.75) is 5.03 Å². The van der Waals surface area contributed by atoms with Crippen LogP contribution >= 0.6 is 23.4 Å². The number of nitrogens with two attached hydrogens (primary N) is 1. The zero-order chi connectivity index (χ0) is 10.8. The Hall–Kier alpha value is -1.13. The highest BCUT2D eigenvalue weighted by Crippen LogP contribution is 2.24. The first-order chi connectivity index (χ1) is 7.22. The van der Waals surface area contributed by atoms with Gasteiger partial charge in [0.25, 0.3) is 0 Å². The highest BCUT2D eigenvalue weighted by atomic mass is 35.5. The third-order valence-electron chi connectivity index (χ3n) is 2.00. The molecule has 0 aliphatic rings. The summed E-state index contributed by atoms with van der Waals surface area (Å²) < 4.78 is 1.65. The van der Waals surface area contributed by atoms with Crippen LogP contribution in [0.5, 0.6) is 0 Å². The number of rotatable bonds is 2. The predicted molar refractivity (Wildman–Crippen MR) is 64.8 cm³/mol. The van der Waals surface area contributed by atoms with Crippen molar-refractivity contribution in [3.8, 4) is 5.69 Å². The molecule has 5 heteroatoms. The number of thioether (sulfide) groups is 1. The van der Waals surface area contributed by atoms with E-state index in [0.717, 1.165) is 10.7 Å². The number of aromatic nitrogens is 2. The molecule has 0 bridgehead atoms. The molecule has 0 aliphatic carbocycles. The van der Waals surface area contributed by atoms with Crippen LogP contribution in [0.1, 0.15) is 0 Å². The van der Waals surface area contributed by atoms with Crippen molar-refractivity contribution in [1.29, 1.82) is 0 Å². The SMILES string of the molecule is CSc1cc(N)n(-c2ccccc2Cl)n1. The van der Waals surface area contributed by atoms with Gasteiger partial charge in [0.2, 0.25) is 0 Å². The standard InChI is InChI=1S/C10H10ClN3S/c1-15-10-6-9(12)14(13-10)8-5-3-2-4-7(8)11/h2-6H,12H2,1H3. The molecule has 78 valence electrons. The second kappa shape index (κ2) is 4.16. The highest BCUT2D eigenvalue weighted by molar-refractivity contribution is 7.98. The summed E-state index contributed by atoms with van der Waals surface area (Å²) in [7, 11) is 0. The first-order valence-corrected chi connectivity index (χ1v) is 5.97. The average molecular weight is 240 g/mol. The summed E-state index contributed by atoms with van der Waals surface area (Å²) in [6, 6.07) is 9.31. The van der Waals surface area contributed by atoms with Gasteiger partial charge >= 0.3 is 0 Å². The second-order valence-electron chi connectivity index (χ2n) is 2.97. The van der Waals surface area contributed by atoms with Gasteiger partial charge in [-0.05, 0) is 18.4 Å². The maximum Gasteiger partial charge on any atom is 0.128 e. The molecule has 15 heavy (non-hydrogen) atoms. The van der Waals surface area contributed by atoms with Gasteiger partial charge in [-0.2, -0.15) is 5.10 Å². The van der Waals surface area contributed by atoms with Crippen molar-refractivity contribution < 1.29 is 0 Å². The number of para-hydroxylation sites is 1. The number of anilines is 1. The predicted octanol–water partition coefficient (Wildman–Crippen LogP) is 2.83. The Balaban J connectivity index is 2.54. The molecule has 2 rings (SSSR count). The summed E-state index contributed by atoms with van der Waals surface area (Å²) in [5.41, 5.74) is 6.65. The molecule has 0 atom stereocenters. The Morgan fingerprint density at radius 2 is 2.13 bits per heavy atom. The van der Waals surface area contributed by atoms with E-state index in [4.69, 9.17) is 17.3 Å². The largest absolute Gasteiger partial charge is 0.384 e. The fourth-order valence-electron chi connectivity index (χ4n) is 1.29. The van der Waals surface area contributed by atoms with Crippen molar-refractivity contribution >= 4 is 29.2 Å². The summed E-state index contributed by atoms with van der Waals surface area (Å²) >= 11 is 7.61. The molecular formula is C10H10ClN3S. The molecule has 2 aromatic rings. The van der Waals surface area contributed by atoms with Gasteiger partial charge in [-0.15, -0.1) is 11.8 Å². The molecule has 1 aromatic carbocycles. The van der Waals surface area contributed by atoms with Crippen molar-refractivity contribution in [2.24, 2.45) is 0 Å². The minimum atomic E-state index is 0.590. The number of halogens is 1. The normalized spacial score (nSPS) is 10.5.